The zero-order valence-corrected chi connectivity index (χ0v) is 14.2. The van der Waals surface area contributed by atoms with Crippen LogP contribution in [0, 0.1) is 0 Å². The molecule has 3 rings (SSSR count). The molecule has 2 fully saturated rings. The lowest BCUT2D eigenvalue weighted by Gasteiger charge is -2.37. The maximum atomic E-state index is 10.4. The minimum absolute atomic E-state index is 0.419. The molecule has 1 aromatic rings. The second kappa shape index (κ2) is 6.71. The van der Waals surface area contributed by atoms with E-state index >= 15 is 0 Å². The van der Waals surface area contributed by atoms with Crippen molar-refractivity contribution in [1.29, 1.82) is 0 Å². The minimum Gasteiger partial charge on any atom is -0.390 e. The van der Waals surface area contributed by atoms with Crippen LogP contribution in [0.5, 0.6) is 0 Å². The summed E-state index contributed by atoms with van der Waals surface area (Å²) in [6.07, 6.45) is 11.6. The highest BCUT2D eigenvalue weighted by molar-refractivity contribution is 5.22. The Balaban J connectivity index is 1.65. The number of aryl methyl sites for hydroxylation is 1. The van der Waals surface area contributed by atoms with Crippen LogP contribution in [0.2, 0.25) is 0 Å². The zero-order valence-electron chi connectivity index (χ0n) is 14.2. The number of likely N-dealkylation sites (tertiary alicyclic amines) is 1. The lowest BCUT2D eigenvalue weighted by Crippen LogP contribution is -2.43. The highest BCUT2D eigenvalue weighted by atomic mass is 16.3. The first-order chi connectivity index (χ1) is 10.6. The third kappa shape index (κ3) is 3.54. The summed E-state index contributed by atoms with van der Waals surface area (Å²) in [7, 11) is 2.04. The molecule has 4 nitrogen and oxygen atoms in total. The Morgan fingerprint density at radius 2 is 1.91 bits per heavy atom. The number of piperidine rings is 1. The molecule has 2 heterocycles. The van der Waals surface area contributed by atoms with Crippen molar-refractivity contribution >= 4 is 0 Å². The fraction of sp³-hybridized carbons (Fsp3) is 0.833. The van der Waals surface area contributed by atoms with Crippen molar-refractivity contribution in [1.82, 2.24) is 14.7 Å². The summed E-state index contributed by atoms with van der Waals surface area (Å²) in [6.45, 7) is 5.10. The summed E-state index contributed by atoms with van der Waals surface area (Å²) in [4.78, 5) is 2.49. The van der Waals surface area contributed by atoms with Crippen LogP contribution in [0.1, 0.15) is 75.5 Å². The van der Waals surface area contributed by atoms with Gasteiger partial charge < -0.3 is 5.11 Å². The topological polar surface area (TPSA) is 41.3 Å². The van der Waals surface area contributed by atoms with Crippen molar-refractivity contribution in [3.8, 4) is 0 Å². The van der Waals surface area contributed by atoms with Crippen LogP contribution in [0.4, 0.5) is 0 Å². The Morgan fingerprint density at radius 3 is 2.55 bits per heavy atom. The summed E-state index contributed by atoms with van der Waals surface area (Å²) in [6, 6.07) is 0. The molecule has 0 radical (unpaired) electrons. The number of aliphatic hydroxyl groups is 1. The van der Waals surface area contributed by atoms with Crippen LogP contribution in [0.25, 0.3) is 0 Å². The molecule has 1 aliphatic carbocycles. The number of rotatable bonds is 4. The van der Waals surface area contributed by atoms with E-state index in [2.05, 4.69) is 18.0 Å². The zero-order chi connectivity index (χ0) is 15.6. The van der Waals surface area contributed by atoms with Crippen molar-refractivity contribution in [2.75, 3.05) is 13.1 Å². The van der Waals surface area contributed by atoms with E-state index in [-0.39, 0.29) is 0 Å². The van der Waals surface area contributed by atoms with Crippen molar-refractivity contribution < 1.29 is 5.11 Å². The molecular weight excluding hydrogens is 274 g/mol. The average Bonchev–Trinajstić information content (AvgIpc) is 2.91. The third-order valence-corrected chi connectivity index (χ3v) is 5.77. The maximum Gasteiger partial charge on any atom is 0.0700 e. The number of hydrogen-bond acceptors (Lipinski definition) is 3. The molecule has 1 N–H and O–H groups in total. The monoisotopic (exact) mass is 305 g/mol. The first-order valence-electron chi connectivity index (χ1n) is 9.07. The fourth-order valence-corrected chi connectivity index (χ4v) is 4.12. The second-order valence-electron chi connectivity index (χ2n) is 7.40. The van der Waals surface area contributed by atoms with Gasteiger partial charge in [-0.3, -0.25) is 9.58 Å². The standard InChI is InChI=1S/C18H31N3O/c1-3-18(22)9-11-21(12-10-18)14-16-13-20(2)19-17(16)15-7-5-4-6-8-15/h13,15,22H,3-12,14H2,1-2H3. The molecule has 0 amide bonds. The first kappa shape index (κ1) is 16.0. The molecule has 4 heteroatoms. The van der Waals surface area contributed by atoms with Gasteiger partial charge in [0.05, 0.1) is 11.3 Å². The van der Waals surface area contributed by atoms with Gasteiger partial charge >= 0.3 is 0 Å². The minimum atomic E-state index is -0.419. The molecule has 2 aliphatic rings. The molecule has 0 atom stereocenters. The van der Waals surface area contributed by atoms with Crippen molar-refractivity contribution in [3.63, 3.8) is 0 Å². The van der Waals surface area contributed by atoms with Gasteiger partial charge in [-0.2, -0.15) is 5.10 Å². The molecule has 0 spiro atoms. The Bertz CT molecular complexity index is 483. The van der Waals surface area contributed by atoms with Gasteiger partial charge in [-0.25, -0.2) is 0 Å². The largest absolute Gasteiger partial charge is 0.390 e. The second-order valence-corrected chi connectivity index (χ2v) is 7.40. The van der Waals surface area contributed by atoms with Crippen LogP contribution in [0.15, 0.2) is 6.20 Å². The number of hydrogen-bond donors (Lipinski definition) is 1. The van der Waals surface area contributed by atoms with E-state index in [1.54, 1.807) is 0 Å². The van der Waals surface area contributed by atoms with Crippen molar-refractivity contribution in [2.45, 2.75) is 76.4 Å². The highest BCUT2D eigenvalue weighted by Gasteiger charge is 2.31. The van der Waals surface area contributed by atoms with Gasteiger partial charge in [-0.1, -0.05) is 26.2 Å². The average molecular weight is 305 g/mol. The first-order valence-corrected chi connectivity index (χ1v) is 9.07. The lowest BCUT2D eigenvalue weighted by atomic mass is 9.85. The summed E-state index contributed by atoms with van der Waals surface area (Å²) < 4.78 is 1.99. The van der Waals surface area contributed by atoms with Gasteiger partial charge in [-0.15, -0.1) is 0 Å². The fourth-order valence-electron chi connectivity index (χ4n) is 4.12. The smallest absolute Gasteiger partial charge is 0.0700 e. The molecule has 22 heavy (non-hydrogen) atoms. The van der Waals surface area contributed by atoms with Crippen LogP contribution in [-0.2, 0) is 13.6 Å². The van der Waals surface area contributed by atoms with Crippen LogP contribution >= 0.6 is 0 Å². The molecule has 1 aromatic heterocycles. The Hall–Kier alpha value is -0.870. The van der Waals surface area contributed by atoms with E-state index in [4.69, 9.17) is 5.10 Å². The molecule has 1 aliphatic heterocycles. The van der Waals surface area contributed by atoms with Gasteiger partial charge in [0.15, 0.2) is 0 Å². The van der Waals surface area contributed by atoms with E-state index in [0.717, 1.165) is 38.9 Å². The van der Waals surface area contributed by atoms with E-state index in [0.29, 0.717) is 5.92 Å². The molecule has 0 bridgehead atoms. The van der Waals surface area contributed by atoms with E-state index in [1.165, 1.54) is 43.4 Å². The van der Waals surface area contributed by atoms with Gasteiger partial charge in [0.25, 0.3) is 0 Å². The number of nitrogens with zero attached hydrogens (tertiary/aromatic N) is 3. The van der Waals surface area contributed by atoms with Crippen LogP contribution < -0.4 is 0 Å². The lowest BCUT2D eigenvalue weighted by molar-refractivity contribution is -0.0257. The predicted molar refractivity (Wildman–Crippen MR) is 88.8 cm³/mol. The van der Waals surface area contributed by atoms with Crippen LogP contribution in [0.3, 0.4) is 0 Å². The summed E-state index contributed by atoms with van der Waals surface area (Å²) in [5.74, 6) is 0.669. The molecule has 0 aromatic carbocycles. The van der Waals surface area contributed by atoms with Gasteiger partial charge in [-0.05, 0) is 32.1 Å². The normalized spacial score (nSPS) is 23.8. The van der Waals surface area contributed by atoms with Crippen LogP contribution in [-0.4, -0.2) is 38.5 Å². The molecule has 0 unspecified atom stereocenters. The van der Waals surface area contributed by atoms with E-state index in [1.807, 2.05) is 11.7 Å². The van der Waals surface area contributed by atoms with Crippen molar-refractivity contribution in [3.05, 3.63) is 17.5 Å². The Morgan fingerprint density at radius 1 is 1.23 bits per heavy atom. The Labute approximate surface area is 134 Å². The summed E-state index contributed by atoms with van der Waals surface area (Å²) in [5, 5.41) is 15.2. The van der Waals surface area contributed by atoms with Gasteiger partial charge in [0.2, 0.25) is 0 Å². The van der Waals surface area contributed by atoms with Gasteiger partial charge in [0.1, 0.15) is 0 Å². The Kier molecular flexibility index (Phi) is 4.88. The maximum absolute atomic E-state index is 10.4. The molecular formula is C18H31N3O. The SMILES string of the molecule is CCC1(O)CCN(Cc2cn(C)nc2C2CCCCC2)CC1. The predicted octanol–water partition coefficient (Wildman–Crippen LogP) is 3.20. The van der Waals surface area contributed by atoms with E-state index < -0.39 is 5.60 Å². The quantitative estimate of drug-likeness (QED) is 0.928. The summed E-state index contributed by atoms with van der Waals surface area (Å²) in [5.41, 5.74) is 2.34. The van der Waals surface area contributed by atoms with E-state index in [9.17, 15) is 5.11 Å². The third-order valence-electron chi connectivity index (χ3n) is 5.77. The number of aromatic nitrogens is 2. The molecule has 1 saturated heterocycles. The summed E-state index contributed by atoms with van der Waals surface area (Å²) >= 11 is 0. The highest BCUT2D eigenvalue weighted by Crippen LogP contribution is 2.34. The molecule has 1 saturated carbocycles. The molecule has 124 valence electrons. The van der Waals surface area contributed by atoms with Gasteiger partial charge in [0, 0.05) is 44.4 Å². The van der Waals surface area contributed by atoms with Crippen molar-refractivity contribution in [2.24, 2.45) is 7.05 Å².